The fraction of sp³-hybridized carbons (Fsp3) is 0.188. The van der Waals surface area contributed by atoms with E-state index in [1.54, 1.807) is 18.5 Å². The Kier molecular flexibility index (Phi) is 9.76. The first-order valence-corrected chi connectivity index (χ1v) is 12.3. The molecule has 5 heteroatoms. The van der Waals surface area contributed by atoms with Crippen LogP contribution in [0, 0.1) is 5.92 Å². The molecule has 0 saturated carbocycles. The van der Waals surface area contributed by atoms with Crippen LogP contribution in [0.15, 0.2) is 115 Å². The zero-order valence-electron chi connectivity index (χ0n) is 21.9. The molecule has 1 aromatic heterocycles. The van der Waals surface area contributed by atoms with Crippen LogP contribution in [-0.2, 0) is 0 Å². The first-order valence-electron chi connectivity index (χ1n) is 12.3. The summed E-state index contributed by atoms with van der Waals surface area (Å²) in [5.41, 5.74) is 13.3. The minimum Gasteiger partial charge on any atom is -0.405 e. The highest BCUT2D eigenvalue weighted by Crippen LogP contribution is 2.35. The predicted octanol–water partition coefficient (Wildman–Crippen LogP) is 6.72. The summed E-state index contributed by atoms with van der Waals surface area (Å²) in [5.74, 6) is 0.0915. The summed E-state index contributed by atoms with van der Waals surface area (Å²) >= 11 is 0. The molecule has 4 N–H and O–H groups in total. The molecule has 3 aromatic rings. The van der Waals surface area contributed by atoms with Gasteiger partial charge in [0, 0.05) is 41.5 Å². The van der Waals surface area contributed by atoms with Crippen molar-refractivity contribution in [3.05, 3.63) is 127 Å². The number of nitrogens with two attached hydrogens (primary N) is 1. The zero-order chi connectivity index (χ0) is 26.8. The van der Waals surface area contributed by atoms with Gasteiger partial charge in [-0.2, -0.15) is 0 Å². The second-order valence-electron chi connectivity index (χ2n) is 9.19. The number of nitrogens with zero attached hydrogens (tertiary/aromatic N) is 2. The zero-order valence-corrected chi connectivity index (χ0v) is 21.9. The summed E-state index contributed by atoms with van der Waals surface area (Å²) in [4.78, 5) is 9.36. The first-order chi connectivity index (χ1) is 17.8. The molecule has 1 unspecified atom stereocenters. The molecule has 0 bridgehead atoms. The third-order valence-electron chi connectivity index (χ3n) is 5.95. The molecule has 0 spiro atoms. The molecule has 0 aliphatic rings. The molecule has 0 aliphatic carbocycles. The number of hydrogen-bond acceptors (Lipinski definition) is 5. The Morgan fingerprint density at radius 2 is 1.84 bits per heavy atom. The highest BCUT2D eigenvalue weighted by Gasteiger charge is 2.16. The number of rotatable bonds is 11. The summed E-state index contributed by atoms with van der Waals surface area (Å²) in [7, 11) is 0. The molecule has 2 aromatic carbocycles. The van der Waals surface area contributed by atoms with Crippen LogP contribution in [-0.4, -0.2) is 22.3 Å². The highest BCUT2D eigenvalue weighted by atomic mass is 16.3. The Hall–Kier alpha value is -4.22. The summed E-state index contributed by atoms with van der Waals surface area (Å²) in [5, 5.41) is 13.9. The molecule has 0 amide bonds. The maximum atomic E-state index is 10.5. The van der Waals surface area contributed by atoms with E-state index in [9.17, 15) is 5.11 Å². The van der Waals surface area contributed by atoms with E-state index >= 15 is 0 Å². The van der Waals surface area contributed by atoms with Crippen molar-refractivity contribution >= 4 is 17.1 Å². The fourth-order valence-corrected chi connectivity index (χ4v) is 3.88. The highest BCUT2D eigenvalue weighted by molar-refractivity contribution is 6.01. The number of benzene rings is 2. The third kappa shape index (κ3) is 7.38. The Labute approximate surface area is 220 Å². The van der Waals surface area contributed by atoms with E-state index in [0.29, 0.717) is 6.54 Å². The van der Waals surface area contributed by atoms with Crippen molar-refractivity contribution in [3.63, 3.8) is 0 Å². The third-order valence-corrected chi connectivity index (χ3v) is 5.95. The number of pyridine rings is 1. The Balaban J connectivity index is 2.02. The monoisotopic (exact) mass is 492 g/mol. The van der Waals surface area contributed by atoms with Crippen molar-refractivity contribution in [2.24, 2.45) is 16.6 Å². The maximum Gasteiger partial charge on any atom is 0.0827 e. The van der Waals surface area contributed by atoms with Crippen molar-refractivity contribution in [2.45, 2.75) is 26.9 Å². The Morgan fingerprint density at radius 3 is 2.54 bits per heavy atom. The lowest BCUT2D eigenvalue weighted by molar-refractivity contribution is 0.126. The van der Waals surface area contributed by atoms with Gasteiger partial charge in [-0.15, -0.1) is 0 Å². The SMILES string of the molecule is C=C(/C=C\C=C/N)CNC(=C)c1c(N=C(C)c2cncc(C(O)C(C)C)c2)cccc1-c1ccccc1. The van der Waals surface area contributed by atoms with Gasteiger partial charge in [0.25, 0.3) is 0 Å². The van der Waals surface area contributed by atoms with Crippen molar-refractivity contribution in [1.29, 1.82) is 0 Å². The Bertz CT molecular complexity index is 1320. The van der Waals surface area contributed by atoms with Gasteiger partial charge in [0.05, 0.1) is 11.8 Å². The molecule has 0 aliphatic heterocycles. The van der Waals surface area contributed by atoms with E-state index < -0.39 is 6.10 Å². The molecule has 5 nitrogen and oxygen atoms in total. The molecular weight excluding hydrogens is 456 g/mol. The molecule has 37 heavy (non-hydrogen) atoms. The average Bonchev–Trinajstić information content (AvgIpc) is 2.91. The Morgan fingerprint density at radius 1 is 1.08 bits per heavy atom. The second-order valence-corrected chi connectivity index (χ2v) is 9.19. The number of aromatic nitrogens is 1. The fourth-order valence-electron chi connectivity index (χ4n) is 3.88. The standard InChI is InChI=1S/C32H36N4O/c1-22(2)32(37)28-18-27(20-34-21-28)24(4)36-30-16-11-15-29(26-13-7-6-8-14-26)31(30)25(5)35-19-23(3)12-9-10-17-33/h6-18,20-22,32,35,37H,3,5,19,33H2,1-2,4H3/b12-9-,17-10-,36-24?. The van der Waals surface area contributed by atoms with Crippen LogP contribution in [0.25, 0.3) is 16.8 Å². The molecular formula is C32H36N4O. The first kappa shape index (κ1) is 27.4. The number of aliphatic hydroxyl groups is 1. The molecule has 3 rings (SSSR count). The van der Waals surface area contributed by atoms with E-state index in [2.05, 4.69) is 41.7 Å². The van der Waals surface area contributed by atoms with Crippen LogP contribution in [0.5, 0.6) is 0 Å². The van der Waals surface area contributed by atoms with Crippen LogP contribution in [0.2, 0.25) is 0 Å². The molecule has 1 atom stereocenters. The minimum atomic E-state index is -0.580. The maximum absolute atomic E-state index is 10.5. The van der Waals surface area contributed by atoms with Gasteiger partial charge in [-0.3, -0.25) is 9.98 Å². The predicted molar refractivity (Wildman–Crippen MR) is 156 cm³/mol. The normalized spacial score (nSPS) is 12.8. The number of aliphatic imine (C=N–C) groups is 1. The summed E-state index contributed by atoms with van der Waals surface area (Å²) in [6, 6.07) is 18.2. The van der Waals surface area contributed by atoms with Gasteiger partial charge >= 0.3 is 0 Å². The van der Waals surface area contributed by atoms with Gasteiger partial charge in [0.1, 0.15) is 0 Å². The van der Waals surface area contributed by atoms with Crippen LogP contribution >= 0.6 is 0 Å². The molecule has 0 fully saturated rings. The van der Waals surface area contributed by atoms with E-state index in [1.807, 2.05) is 69.3 Å². The topological polar surface area (TPSA) is 83.5 Å². The van der Waals surface area contributed by atoms with Crippen molar-refractivity contribution in [3.8, 4) is 11.1 Å². The van der Waals surface area contributed by atoms with E-state index in [-0.39, 0.29) is 5.92 Å². The lowest BCUT2D eigenvalue weighted by atomic mass is 9.96. The largest absolute Gasteiger partial charge is 0.405 e. The van der Waals surface area contributed by atoms with Crippen molar-refractivity contribution in [1.82, 2.24) is 10.3 Å². The summed E-state index contributed by atoms with van der Waals surface area (Å²) in [6.07, 6.45) is 9.89. The summed E-state index contributed by atoms with van der Waals surface area (Å²) < 4.78 is 0. The summed E-state index contributed by atoms with van der Waals surface area (Å²) in [6.45, 7) is 14.9. The number of aliphatic hydroxyl groups excluding tert-OH is 1. The van der Waals surface area contributed by atoms with Gasteiger partial charge in [-0.25, -0.2) is 0 Å². The van der Waals surface area contributed by atoms with Crippen LogP contribution in [0.1, 0.15) is 43.6 Å². The van der Waals surface area contributed by atoms with Gasteiger partial charge in [-0.05, 0) is 59.5 Å². The molecule has 1 heterocycles. The quantitative estimate of drug-likeness (QED) is 0.205. The second kappa shape index (κ2) is 13.2. The van der Waals surface area contributed by atoms with Gasteiger partial charge in [-0.1, -0.05) is 81.6 Å². The lowest BCUT2D eigenvalue weighted by Gasteiger charge is -2.18. The minimum absolute atomic E-state index is 0.0915. The molecule has 0 saturated heterocycles. The van der Waals surface area contributed by atoms with Gasteiger partial charge in [0.15, 0.2) is 0 Å². The molecule has 0 radical (unpaired) electrons. The smallest absolute Gasteiger partial charge is 0.0827 e. The van der Waals surface area contributed by atoms with Crippen LogP contribution in [0.4, 0.5) is 5.69 Å². The van der Waals surface area contributed by atoms with Gasteiger partial charge in [0.2, 0.25) is 0 Å². The van der Waals surface area contributed by atoms with Gasteiger partial charge < -0.3 is 16.2 Å². The van der Waals surface area contributed by atoms with Crippen LogP contribution < -0.4 is 11.1 Å². The number of nitrogens with one attached hydrogen (secondary N) is 1. The average molecular weight is 493 g/mol. The van der Waals surface area contributed by atoms with E-state index in [0.717, 1.165) is 50.5 Å². The number of allylic oxidation sites excluding steroid dienone is 2. The van der Waals surface area contributed by atoms with Crippen LogP contribution in [0.3, 0.4) is 0 Å². The van der Waals surface area contributed by atoms with E-state index in [4.69, 9.17) is 10.7 Å². The molecule has 190 valence electrons. The van der Waals surface area contributed by atoms with E-state index in [1.165, 1.54) is 6.20 Å². The lowest BCUT2D eigenvalue weighted by Crippen LogP contribution is -2.14. The van der Waals surface area contributed by atoms with Crippen molar-refractivity contribution in [2.75, 3.05) is 6.54 Å². The number of hydrogen-bond donors (Lipinski definition) is 3. The van der Waals surface area contributed by atoms with Crippen molar-refractivity contribution < 1.29 is 5.11 Å².